The van der Waals surface area contributed by atoms with Gasteiger partial charge in [-0.05, 0) is 89.2 Å². The number of fused-ring (bicyclic) bond motifs is 5. The summed E-state index contributed by atoms with van der Waals surface area (Å²) in [6.07, 6.45) is 2.80. The minimum Gasteiger partial charge on any atom is -0.451 e. The Kier molecular flexibility index (Phi) is 5.84. The Bertz CT molecular complexity index is 1370. The molecule has 5 aliphatic rings. The molecule has 1 spiro atoms. The molecule has 6 rings (SSSR count). The first kappa shape index (κ1) is 27.9. The Hall–Kier alpha value is -2.29. The molecule has 0 aromatic carbocycles. The highest BCUT2D eigenvalue weighted by molar-refractivity contribution is 5.96. The van der Waals surface area contributed by atoms with E-state index in [1.165, 1.54) is 0 Å². The Morgan fingerprint density at radius 1 is 1.20 bits per heavy atom. The van der Waals surface area contributed by atoms with E-state index in [0.29, 0.717) is 28.4 Å². The van der Waals surface area contributed by atoms with Crippen molar-refractivity contribution in [2.45, 2.75) is 105 Å². The van der Waals surface area contributed by atoms with Crippen LogP contribution in [0.1, 0.15) is 89.6 Å². The molecule has 4 aliphatic carbocycles. The van der Waals surface area contributed by atoms with Gasteiger partial charge in [-0.3, -0.25) is 9.48 Å². The van der Waals surface area contributed by atoms with Crippen molar-refractivity contribution in [3.05, 3.63) is 40.2 Å². The summed E-state index contributed by atoms with van der Waals surface area (Å²) in [6, 6.07) is 0.0744. The first-order chi connectivity index (χ1) is 18.5. The summed E-state index contributed by atoms with van der Waals surface area (Å²) in [5.41, 5.74) is 0.0430. The van der Waals surface area contributed by atoms with Crippen molar-refractivity contribution in [2.24, 2.45) is 34.5 Å². The first-order valence-corrected chi connectivity index (χ1v) is 14.7. The maximum Gasteiger partial charge on any atom is 0.342 e. The lowest BCUT2D eigenvalue weighted by molar-refractivity contribution is -0.302. The molecule has 3 fully saturated rings. The Labute approximate surface area is 237 Å². The lowest BCUT2D eigenvalue weighted by Crippen LogP contribution is -2.68. The number of aromatic nitrogens is 2. The predicted molar refractivity (Wildman–Crippen MR) is 148 cm³/mol. The van der Waals surface area contributed by atoms with Gasteiger partial charge in [0.15, 0.2) is 23.3 Å². The molecule has 40 heavy (non-hydrogen) atoms. The number of rotatable bonds is 3. The minimum absolute atomic E-state index is 0.00164. The Balaban J connectivity index is 1.50. The van der Waals surface area contributed by atoms with Gasteiger partial charge in [0, 0.05) is 12.0 Å². The fourth-order valence-corrected chi connectivity index (χ4v) is 8.93. The summed E-state index contributed by atoms with van der Waals surface area (Å²) in [4.78, 5) is 28.7. The van der Waals surface area contributed by atoms with Gasteiger partial charge in [0.25, 0.3) is 0 Å². The third kappa shape index (κ3) is 3.39. The van der Waals surface area contributed by atoms with Crippen molar-refractivity contribution in [1.29, 1.82) is 0 Å². The third-order valence-corrected chi connectivity index (χ3v) is 10.9. The van der Waals surface area contributed by atoms with Gasteiger partial charge in [-0.1, -0.05) is 32.9 Å². The lowest BCUT2D eigenvalue weighted by Gasteiger charge is -2.52. The molecular weight excluding hydrogens is 508 g/mol. The van der Waals surface area contributed by atoms with Crippen LogP contribution in [0, 0.1) is 48.3 Å². The number of hydrogen-bond donors (Lipinski definition) is 1. The highest BCUT2D eigenvalue weighted by atomic mass is 16.7. The molecule has 2 bridgehead atoms. The average molecular weight is 553 g/mol. The SMILES string of the molecule is CC1=C[C@]23C(=O)[C@@H](C=C4COC(C)(C)O[C@H]4C2(O)[C@H]1OC(=O)c1c(C)nn(C(C)C)c1C)[C@H]1[C@@H](C[C@H]3C)C1(C)C. The standard InChI is InChI=1S/C32H44N2O6/c1-15(2)34-19(6)23(18(5)33-34)28(36)39-26-16(3)13-31-17(4)11-22-24(29(22,7)8)21(25(31)35)12-20-14-38-30(9,10)40-27(20)32(26,31)37/h12-13,15,17,21-22,24,26-27,37H,11,14H2,1-10H3/t17-,21+,22-,24+,26+,27-,31+,32?/m1/s1. The monoisotopic (exact) mass is 552 g/mol. The number of Topliss-reactive ketones (excluding diaryl/α,β-unsaturated/α-hetero) is 1. The second-order valence-corrected chi connectivity index (χ2v) is 14.4. The quantitative estimate of drug-likeness (QED) is 0.422. The van der Waals surface area contributed by atoms with E-state index in [-0.39, 0.29) is 41.6 Å². The topological polar surface area (TPSA) is 99.9 Å². The molecule has 0 radical (unpaired) electrons. The summed E-state index contributed by atoms with van der Waals surface area (Å²) in [7, 11) is 0. The van der Waals surface area contributed by atoms with Crippen LogP contribution in [0.5, 0.6) is 0 Å². The number of carbonyl (C=O) groups excluding carboxylic acids is 2. The molecule has 1 aliphatic heterocycles. The zero-order valence-corrected chi connectivity index (χ0v) is 25.5. The number of aryl methyl sites for hydroxylation is 1. The van der Waals surface area contributed by atoms with Crippen LogP contribution in [-0.4, -0.2) is 56.8 Å². The largest absolute Gasteiger partial charge is 0.451 e. The molecule has 2 heterocycles. The number of esters is 1. The van der Waals surface area contributed by atoms with Crippen LogP contribution in [0.15, 0.2) is 23.3 Å². The minimum atomic E-state index is -1.83. The van der Waals surface area contributed by atoms with Gasteiger partial charge in [-0.15, -0.1) is 0 Å². The number of allylic oxidation sites excluding steroid dienone is 1. The number of ketones is 1. The van der Waals surface area contributed by atoms with Crippen LogP contribution in [0.3, 0.4) is 0 Å². The molecule has 1 aromatic rings. The predicted octanol–water partition coefficient (Wildman–Crippen LogP) is 4.87. The molecule has 8 atom stereocenters. The van der Waals surface area contributed by atoms with Crippen molar-refractivity contribution in [3.8, 4) is 0 Å². The van der Waals surface area contributed by atoms with Gasteiger partial charge in [0.1, 0.15) is 11.7 Å². The normalized spacial score (nSPS) is 40.8. The van der Waals surface area contributed by atoms with Gasteiger partial charge in [0.05, 0.1) is 23.4 Å². The van der Waals surface area contributed by atoms with Crippen LogP contribution < -0.4 is 0 Å². The molecule has 1 unspecified atom stereocenters. The number of nitrogens with zero attached hydrogens (tertiary/aromatic N) is 2. The maximum absolute atomic E-state index is 14.8. The number of ether oxygens (including phenoxy) is 3. The van der Waals surface area contributed by atoms with E-state index in [1.54, 1.807) is 6.92 Å². The molecule has 1 aromatic heterocycles. The van der Waals surface area contributed by atoms with E-state index in [1.807, 2.05) is 58.4 Å². The van der Waals surface area contributed by atoms with E-state index in [9.17, 15) is 14.7 Å². The van der Waals surface area contributed by atoms with Crippen LogP contribution in [0.2, 0.25) is 0 Å². The molecule has 1 saturated heterocycles. The van der Waals surface area contributed by atoms with E-state index < -0.39 is 35.0 Å². The first-order valence-electron chi connectivity index (χ1n) is 14.7. The summed E-state index contributed by atoms with van der Waals surface area (Å²) < 4.78 is 20.7. The second kappa shape index (κ2) is 8.39. The molecule has 0 amide bonds. The van der Waals surface area contributed by atoms with E-state index in [4.69, 9.17) is 14.2 Å². The maximum atomic E-state index is 14.8. The summed E-state index contributed by atoms with van der Waals surface area (Å²) in [5.74, 6) is -1.53. The lowest BCUT2D eigenvalue weighted by atomic mass is 9.59. The van der Waals surface area contributed by atoms with Gasteiger partial charge >= 0.3 is 5.97 Å². The van der Waals surface area contributed by atoms with Gasteiger partial charge in [-0.25, -0.2) is 4.79 Å². The smallest absolute Gasteiger partial charge is 0.342 e. The van der Waals surface area contributed by atoms with Crippen LogP contribution in [0.25, 0.3) is 0 Å². The van der Waals surface area contributed by atoms with Crippen LogP contribution >= 0.6 is 0 Å². The van der Waals surface area contributed by atoms with E-state index >= 15 is 0 Å². The molecule has 8 heteroatoms. The molecule has 2 saturated carbocycles. The van der Waals surface area contributed by atoms with Crippen LogP contribution in [-0.2, 0) is 19.0 Å². The summed E-state index contributed by atoms with van der Waals surface area (Å²) >= 11 is 0. The highest BCUT2D eigenvalue weighted by Gasteiger charge is 2.77. The van der Waals surface area contributed by atoms with Crippen LogP contribution in [0.4, 0.5) is 0 Å². The molecule has 1 N–H and O–H groups in total. The molecule has 218 valence electrons. The van der Waals surface area contributed by atoms with Gasteiger partial charge < -0.3 is 19.3 Å². The number of aliphatic hydroxyl groups is 1. The van der Waals surface area contributed by atoms with E-state index in [2.05, 4.69) is 25.9 Å². The van der Waals surface area contributed by atoms with Crippen molar-refractivity contribution in [2.75, 3.05) is 6.61 Å². The van der Waals surface area contributed by atoms with Gasteiger partial charge in [-0.2, -0.15) is 5.10 Å². The Morgan fingerprint density at radius 2 is 1.88 bits per heavy atom. The molecule has 8 nitrogen and oxygen atoms in total. The Morgan fingerprint density at radius 3 is 2.50 bits per heavy atom. The van der Waals surface area contributed by atoms with Crippen molar-refractivity contribution in [3.63, 3.8) is 0 Å². The van der Waals surface area contributed by atoms with Crippen molar-refractivity contribution < 1.29 is 28.9 Å². The van der Waals surface area contributed by atoms with Crippen molar-refractivity contribution in [1.82, 2.24) is 9.78 Å². The fraction of sp³-hybridized carbons (Fsp3) is 0.719. The van der Waals surface area contributed by atoms with E-state index in [0.717, 1.165) is 12.0 Å². The highest BCUT2D eigenvalue weighted by Crippen LogP contribution is 2.72. The second-order valence-electron chi connectivity index (χ2n) is 14.4. The summed E-state index contributed by atoms with van der Waals surface area (Å²) in [5, 5.41) is 17.8. The zero-order chi connectivity index (χ0) is 29.3. The van der Waals surface area contributed by atoms with Crippen molar-refractivity contribution >= 4 is 11.8 Å². The summed E-state index contributed by atoms with van der Waals surface area (Å²) in [6.45, 7) is 20.0. The average Bonchev–Trinajstić information content (AvgIpc) is 3.16. The molecular formula is C32H44N2O6. The number of hydrogen-bond acceptors (Lipinski definition) is 7. The zero-order valence-electron chi connectivity index (χ0n) is 25.5. The third-order valence-electron chi connectivity index (χ3n) is 10.9. The fourth-order valence-electron chi connectivity index (χ4n) is 8.93. The van der Waals surface area contributed by atoms with Gasteiger partial charge in [0.2, 0.25) is 0 Å². The number of carbonyl (C=O) groups is 2.